The monoisotopic (exact) mass is 561 g/mol. The van der Waals surface area contributed by atoms with Crippen LogP contribution in [0, 0.1) is 0 Å². The van der Waals surface area contributed by atoms with Gasteiger partial charge < -0.3 is 19.7 Å². The maximum absolute atomic E-state index is 12.9. The zero-order valence-electron chi connectivity index (χ0n) is 21.6. The molecule has 1 aliphatic heterocycles. The van der Waals surface area contributed by atoms with Crippen LogP contribution in [0.1, 0.15) is 28.4 Å². The van der Waals surface area contributed by atoms with E-state index in [1.54, 1.807) is 24.1 Å². The number of benzene rings is 3. The normalized spacial score (nSPS) is 15.2. The lowest BCUT2D eigenvalue weighted by atomic mass is 10.1. The fraction of sp³-hybridized carbons (Fsp3) is 0.345. The quantitative estimate of drug-likeness (QED) is 0.340. The SMILES string of the molecule is COc1ccccc1CNC(=O)N1CCN(CC(OCc2ccc(C(F)(F)F)cc2)c2ccc(Cl)cc2)CC1. The first-order chi connectivity index (χ1) is 18.7. The molecule has 1 heterocycles. The van der Waals surface area contributed by atoms with E-state index in [1.807, 2.05) is 36.4 Å². The molecule has 1 unspecified atom stereocenters. The van der Waals surface area contributed by atoms with Gasteiger partial charge in [0.15, 0.2) is 0 Å². The summed E-state index contributed by atoms with van der Waals surface area (Å²) in [7, 11) is 1.60. The van der Waals surface area contributed by atoms with Crippen molar-refractivity contribution in [3.8, 4) is 5.75 Å². The largest absolute Gasteiger partial charge is 0.496 e. The molecule has 10 heteroatoms. The summed E-state index contributed by atoms with van der Waals surface area (Å²) in [6, 6.07) is 19.8. The zero-order chi connectivity index (χ0) is 27.8. The molecular formula is C29H31ClF3N3O3. The molecule has 6 nitrogen and oxygen atoms in total. The fourth-order valence-electron chi connectivity index (χ4n) is 4.42. The van der Waals surface area contributed by atoms with Gasteiger partial charge in [0.25, 0.3) is 0 Å². The molecule has 0 saturated carbocycles. The minimum absolute atomic E-state index is 0.131. The molecule has 1 atom stereocenters. The Morgan fingerprint density at radius 1 is 0.974 bits per heavy atom. The zero-order valence-corrected chi connectivity index (χ0v) is 22.3. The Labute approximate surface area is 231 Å². The van der Waals surface area contributed by atoms with Crippen molar-refractivity contribution in [1.82, 2.24) is 15.1 Å². The lowest BCUT2D eigenvalue weighted by molar-refractivity contribution is -0.137. The molecule has 0 bridgehead atoms. The Morgan fingerprint density at radius 3 is 2.28 bits per heavy atom. The molecule has 208 valence electrons. The number of ether oxygens (including phenoxy) is 2. The second kappa shape index (κ2) is 13.2. The second-order valence-electron chi connectivity index (χ2n) is 9.30. The Kier molecular flexibility index (Phi) is 9.72. The molecule has 4 rings (SSSR count). The molecule has 0 radical (unpaired) electrons. The van der Waals surface area contributed by atoms with E-state index < -0.39 is 11.7 Å². The van der Waals surface area contributed by atoms with Gasteiger partial charge in [0.05, 0.1) is 25.4 Å². The van der Waals surface area contributed by atoms with Crippen molar-refractivity contribution in [2.24, 2.45) is 0 Å². The highest BCUT2D eigenvalue weighted by atomic mass is 35.5. The van der Waals surface area contributed by atoms with Crippen LogP contribution < -0.4 is 10.1 Å². The molecular weight excluding hydrogens is 531 g/mol. The number of carbonyl (C=O) groups excluding carboxylic acids is 1. The van der Waals surface area contributed by atoms with Crippen molar-refractivity contribution >= 4 is 17.6 Å². The van der Waals surface area contributed by atoms with Gasteiger partial charge in [-0.15, -0.1) is 0 Å². The molecule has 1 saturated heterocycles. The number of methoxy groups -OCH3 is 1. The number of rotatable bonds is 9. The average Bonchev–Trinajstić information content (AvgIpc) is 2.94. The Hall–Kier alpha value is -3.27. The van der Waals surface area contributed by atoms with E-state index in [0.717, 1.165) is 29.0 Å². The summed E-state index contributed by atoms with van der Waals surface area (Å²) < 4.78 is 50.2. The molecule has 39 heavy (non-hydrogen) atoms. The van der Waals surface area contributed by atoms with E-state index in [1.165, 1.54) is 12.1 Å². The summed E-state index contributed by atoms with van der Waals surface area (Å²) in [6.07, 6.45) is -4.70. The fourth-order valence-corrected chi connectivity index (χ4v) is 4.54. The number of piperazine rings is 1. The van der Waals surface area contributed by atoms with Crippen LogP contribution >= 0.6 is 11.6 Å². The number of hydrogen-bond donors (Lipinski definition) is 1. The Balaban J connectivity index is 1.32. The number of halogens is 4. The van der Waals surface area contributed by atoms with Gasteiger partial charge in [-0.05, 0) is 41.5 Å². The van der Waals surface area contributed by atoms with Crippen LogP contribution in [0.3, 0.4) is 0 Å². The third kappa shape index (κ3) is 8.11. The smallest absolute Gasteiger partial charge is 0.416 e. The number of nitrogens with zero attached hydrogens (tertiary/aromatic N) is 2. The molecule has 1 N–H and O–H groups in total. The van der Waals surface area contributed by atoms with Crippen molar-refractivity contribution < 1.29 is 27.4 Å². The van der Waals surface area contributed by atoms with E-state index in [0.29, 0.717) is 49.9 Å². The molecule has 0 aromatic heterocycles. The van der Waals surface area contributed by atoms with Crippen LogP contribution in [-0.2, 0) is 24.1 Å². The highest BCUT2D eigenvalue weighted by Crippen LogP contribution is 2.30. The van der Waals surface area contributed by atoms with E-state index in [-0.39, 0.29) is 18.7 Å². The topological polar surface area (TPSA) is 54.0 Å². The molecule has 1 aliphatic rings. The van der Waals surface area contributed by atoms with Crippen molar-refractivity contribution in [3.05, 3.63) is 100 Å². The first-order valence-corrected chi connectivity index (χ1v) is 13.0. The summed E-state index contributed by atoms with van der Waals surface area (Å²) in [4.78, 5) is 16.7. The highest BCUT2D eigenvalue weighted by molar-refractivity contribution is 6.30. The number of nitrogens with one attached hydrogen (secondary N) is 1. The van der Waals surface area contributed by atoms with Crippen LogP contribution in [0.2, 0.25) is 5.02 Å². The maximum atomic E-state index is 12.9. The number of amides is 2. The minimum atomic E-state index is -4.38. The molecule has 1 fully saturated rings. The average molecular weight is 562 g/mol. The van der Waals surface area contributed by atoms with Gasteiger partial charge in [-0.3, -0.25) is 4.90 Å². The standard InChI is InChI=1S/C29H31ClF3N3O3/c1-38-26-5-3-2-4-23(26)18-34-28(37)36-16-14-35(15-17-36)19-27(22-8-12-25(30)13-9-22)39-20-21-6-10-24(11-7-21)29(31,32)33/h2-13,27H,14-20H2,1H3,(H,34,37). The van der Waals surface area contributed by atoms with Crippen molar-refractivity contribution in [2.45, 2.75) is 25.4 Å². The number of hydrogen-bond acceptors (Lipinski definition) is 4. The number of urea groups is 1. The molecule has 3 aromatic rings. The minimum Gasteiger partial charge on any atom is -0.496 e. The van der Waals surface area contributed by atoms with E-state index in [4.69, 9.17) is 21.1 Å². The van der Waals surface area contributed by atoms with Gasteiger partial charge in [0.2, 0.25) is 0 Å². The number of carbonyl (C=O) groups is 1. The highest BCUT2D eigenvalue weighted by Gasteiger charge is 2.30. The van der Waals surface area contributed by atoms with Gasteiger partial charge in [-0.1, -0.05) is 54.1 Å². The summed E-state index contributed by atoms with van der Waals surface area (Å²) in [6.45, 7) is 3.55. The summed E-state index contributed by atoms with van der Waals surface area (Å²) in [5.74, 6) is 0.729. The predicted octanol–water partition coefficient (Wildman–Crippen LogP) is 6.15. The maximum Gasteiger partial charge on any atom is 0.416 e. The molecule has 3 aromatic carbocycles. The van der Waals surface area contributed by atoms with Crippen LogP contribution in [-0.4, -0.2) is 55.7 Å². The van der Waals surface area contributed by atoms with Gasteiger partial charge in [-0.2, -0.15) is 13.2 Å². The molecule has 0 spiro atoms. The number of alkyl halides is 3. The van der Waals surface area contributed by atoms with Crippen molar-refractivity contribution in [1.29, 1.82) is 0 Å². The summed E-state index contributed by atoms with van der Waals surface area (Å²) >= 11 is 6.07. The van der Waals surface area contributed by atoms with E-state index in [2.05, 4.69) is 10.2 Å². The Morgan fingerprint density at radius 2 is 1.64 bits per heavy atom. The van der Waals surface area contributed by atoms with Crippen LogP contribution in [0.5, 0.6) is 5.75 Å². The van der Waals surface area contributed by atoms with E-state index in [9.17, 15) is 18.0 Å². The second-order valence-corrected chi connectivity index (χ2v) is 9.74. The Bertz CT molecular complexity index is 1210. The number of para-hydroxylation sites is 1. The van der Waals surface area contributed by atoms with Gasteiger partial charge >= 0.3 is 12.2 Å². The summed E-state index contributed by atoms with van der Waals surface area (Å²) in [5.41, 5.74) is 1.79. The van der Waals surface area contributed by atoms with Gasteiger partial charge in [-0.25, -0.2) is 4.79 Å². The van der Waals surface area contributed by atoms with Gasteiger partial charge in [0.1, 0.15) is 5.75 Å². The first kappa shape index (κ1) is 28.7. The van der Waals surface area contributed by atoms with Gasteiger partial charge in [0, 0.05) is 49.9 Å². The molecule has 2 amide bonds. The van der Waals surface area contributed by atoms with Crippen molar-refractivity contribution in [2.75, 3.05) is 39.8 Å². The van der Waals surface area contributed by atoms with Crippen molar-refractivity contribution in [3.63, 3.8) is 0 Å². The lowest BCUT2D eigenvalue weighted by Crippen LogP contribution is -2.52. The van der Waals surface area contributed by atoms with Crippen LogP contribution in [0.4, 0.5) is 18.0 Å². The van der Waals surface area contributed by atoms with Crippen LogP contribution in [0.25, 0.3) is 0 Å². The lowest BCUT2D eigenvalue weighted by Gasteiger charge is -2.36. The first-order valence-electron chi connectivity index (χ1n) is 12.6. The third-order valence-electron chi connectivity index (χ3n) is 6.68. The predicted molar refractivity (Wildman–Crippen MR) is 144 cm³/mol. The third-order valence-corrected chi connectivity index (χ3v) is 6.93. The summed E-state index contributed by atoms with van der Waals surface area (Å²) in [5, 5.41) is 3.57. The van der Waals surface area contributed by atoms with Crippen LogP contribution in [0.15, 0.2) is 72.8 Å². The molecule has 0 aliphatic carbocycles. The van der Waals surface area contributed by atoms with E-state index >= 15 is 0 Å².